The number of carbonyl (C=O) groups is 1. The molecule has 3 N–H and O–H groups in total. The van der Waals surface area contributed by atoms with E-state index in [4.69, 9.17) is 25.8 Å². The molecule has 34 heavy (non-hydrogen) atoms. The van der Waals surface area contributed by atoms with Crippen molar-refractivity contribution < 1.29 is 24.1 Å². The Hall–Kier alpha value is -2.53. The molecule has 2 aromatic heterocycles. The molecule has 4 atom stereocenters. The smallest absolute Gasteiger partial charge is 0.305 e. The number of carboxylic acids is 1. The number of rotatable bonds is 8. The maximum Gasteiger partial charge on any atom is 0.305 e. The van der Waals surface area contributed by atoms with Crippen molar-refractivity contribution in [2.45, 2.75) is 43.4 Å². The second-order valence-corrected chi connectivity index (χ2v) is 9.30. The largest absolute Gasteiger partial charge is 0.481 e. The zero-order valence-electron chi connectivity index (χ0n) is 19.5. The van der Waals surface area contributed by atoms with E-state index in [2.05, 4.69) is 32.5 Å². The van der Waals surface area contributed by atoms with E-state index in [0.717, 1.165) is 18.7 Å². The summed E-state index contributed by atoms with van der Waals surface area (Å²) in [6.45, 7) is 4.10. The molecular formula is C23H30ClN5O5. The minimum absolute atomic E-state index is 0.0599. The molecule has 0 aromatic carbocycles. The minimum Gasteiger partial charge on any atom is -0.481 e. The van der Waals surface area contributed by atoms with Gasteiger partial charge in [0.2, 0.25) is 11.8 Å². The van der Waals surface area contributed by atoms with Crippen LogP contribution in [-0.4, -0.2) is 66.0 Å². The number of piperidine rings is 1. The van der Waals surface area contributed by atoms with E-state index in [0.29, 0.717) is 41.9 Å². The van der Waals surface area contributed by atoms with Crippen molar-refractivity contribution in [3.63, 3.8) is 0 Å². The van der Waals surface area contributed by atoms with Gasteiger partial charge in [0.25, 0.3) is 0 Å². The summed E-state index contributed by atoms with van der Waals surface area (Å²) in [5.74, 6) is -0.0824. The van der Waals surface area contributed by atoms with Gasteiger partial charge >= 0.3 is 5.97 Å². The highest BCUT2D eigenvalue weighted by Gasteiger charge is 2.46. The molecule has 0 radical (unpaired) electrons. The van der Waals surface area contributed by atoms with Crippen molar-refractivity contribution >= 4 is 17.6 Å². The van der Waals surface area contributed by atoms with Crippen LogP contribution in [0.15, 0.2) is 24.7 Å². The molecule has 10 nitrogen and oxygen atoms in total. The van der Waals surface area contributed by atoms with E-state index in [1.54, 1.807) is 38.9 Å². The van der Waals surface area contributed by atoms with Crippen molar-refractivity contribution in [2.24, 2.45) is 5.92 Å². The van der Waals surface area contributed by atoms with Crippen LogP contribution in [0, 0.1) is 5.92 Å². The van der Waals surface area contributed by atoms with Gasteiger partial charge in [-0.25, -0.2) is 9.97 Å². The third-order valence-electron chi connectivity index (χ3n) is 6.85. The van der Waals surface area contributed by atoms with Crippen LogP contribution < -0.4 is 20.1 Å². The van der Waals surface area contributed by atoms with E-state index in [1.165, 1.54) is 0 Å². The summed E-state index contributed by atoms with van der Waals surface area (Å²) < 4.78 is 17.3. The highest BCUT2D eigenvalue weighted by molar-refractivity contribution is 6.31. The molecule has 2 aliphatic rings. The third kappa shape index (κ3) is 4.68. The Morgan fingerprint density at radius 3 is 2.62 bits per heavy atom. The maximum atomic E-state index is 11.6. The number of aliphatic carboxylic acids is 1. The number of pyridine rings is 1. The summed E-state index contributed by atoms with van der Waals surface area (Å²) in [5, 5.41) is 16.7. The molecule has 0 spiro atoms. The number of ether oxygens (including phenoxy) is 3. The van der Waals surface area contributed by atoms with Gasteiger partial charge in [0.1, 0.15) is 5.60 Å². The summed E-state index contributed by atoms with van der Waals surface area (Å²) in [6, 6.07) is 1.81. The average Bonchev–Trinajstić information content (AvgIpc) is 3.25. The summed E-state index contributed by atoms with van der Waals surface area (Å²) >= 11 is 6.58. The molecule has 0 saturated carbocycles. The molecular weight excluding hydrogens is 462 g/mol. The fourth-order valence-electron chi connectivity index (χ4n) is 4.96. The number of nitrogens with one attached hydrogen (secondary N) is 2. The van der Waals surface area contributed by atoms with Gasteiger partial charge in [-0.15, -0.1) is 0 Å². The van der Waals surface area contributed by atoms with Gasteiger partial charge in [0.15, 0.2) is 0 Å². The minimum atomic E-state index is -0.921. The highest BCUT2D eigenvalue weighted by Crippen LogP contribution is 2.43. The van der Waals surface area contributed by atoms with Gasteiger partial charge in [-0.05, 0) is 13.0 Å². The van der Waals surface area contributed by atoms with Crippen molar-refractivity contribution in [1.82, 2.24) is 25.6 Å². The maximum absolute atomic E-state index is 11.6. The lowest BCUT2D eigenvalue weighted by Crippen LogP contribution is -2.51. The van der Waals surface area contributed by atoms with Crippen LogP contribution in [-0.2, 0) is 20.7 Å². The van der Waals surface area contributed by atoms with Crippen LogP contribution in [0.25, 0.3) is 0 Å². The van der Waals surface area contributed by atoms with Crippen molar-refractivity contribution in [2.75, 3.05) is 33.9 Å². The van der Waals surface area contributed by atoms with E-state index < -0.39 is 17.1 Å². The molecule has 0 bridgehead atoms. The number of hydrogen-bond donors (Lipinski definition) is 3. The van der Waals surface area contributed by atoms with E-state index in [9.17, 15) is 9.90 Å². The Morgan fingerprint density at radius 2 is 2.00 bits per heavy atom. The Labute approximate surface area is 203 Å². The standard InChI is InChI=1S/C23H30ClN5O5/c1-14-9-25-5-4-23(14,16-6-19(33-3)27-11-17(16)24)34-20-13-26-18(12-28-20)22(8-21(30)31)7-15(32-2)10-29-22/h6,11-15,25,29H,4-5,7-10H2,1-3H3,(H,30,31)/t14-,15-,22+,23-/m1/s1. The fourth-order valence-corrected chi connectivity index (χ4v) is 5.22. The average molecular weight is 492 g/mol. The number of carboxylic acid groups (broad SMARTS) is 1. The Morgan fingerprint density at radius 1 is 1.21 bits per heavy atom. The van der Waals surface area contributed by atoms with Gasteiger partial charge in [0.05, 0.1) is 48.3 Å². The number of aromatic nitrogens is 3. The van der Waals surface area contributed by atoms with E-state index in [1.807, 2.05) is 0 Å². The Kier molecular flexibility index (Phi) is 7.22. The molecule has 4 rings (SSSR count). The van der Waals surface area contributed by atoms with Gasteiger partial charge in [-0.3, -0.25) is 9.78 Å². The van der Waals surface area contributed by atoms with Crippen LogP contribution in [0.2, 0.25) is 5.02 Å². The van der Waals surface area contributed by atoms with Crippen molar-refractivity contribution in [3.8, 4) is 11.8 Å². The van der Waals surface area contributed by atoms with E-state index in [-0.39, 0.29) is 18.4 Å². The first-order valence-electron chi connectivity index (χ1n) is 11.2. The zero-order valence-corrected chi connectivity index (χ0v) is 20.3. The highest BCUT2D eigenvalue weighted by atomic mass is 35.5. The van der Waals surface area contributed by atoms with Gasteiger partial charge in [0, 0.05) is 50.4 Å². The number of hydrogen-bond acceptors (Lipinski definition) is 9. The van der Waals surface area contributed by atoms with Crippen LogP contribution in [0.5, 0.6) is 11.8 Å². The molecule has 184 valence electrons. The summed E-state index contributed by atoms with van der Waals surface area (Å²) in [4.78, 5) is 24.9. The summed E-state index contributed by atoms with van der Waals surface area (Å²) in [5.41, 5.74) is -0.291. The lowest BCUT2D eigenvalue weighted by molar-refractivity contribution is -0.138. The second-order valence-electron chi connectivity index (χ2n) is 8.89. The van der Waals surface area contributed by atoms with Crippen LogP contribution in [0.1, 0.15) is 37.4 Å². The first kappa shape index (κ1) is 24.6. The summed E-state index contributed by atoms with van der Waals surface area (Å²) in [6.07, 6.45) is 5.62. The SMILES string of the molecule is COc1cc([C@@]2(Oc3cnc([C@@]4(CC(=O)O)C[C@@H](OC)CN4)cn3)CCNC[C@H]2C)c(Cl)cn1. The number of methoxy groups -OCH3 is 2. The quantitative estimate of drug-likeness (QED) is 0.505. The van der Waals surface area contributed by atoms with Crippen molar-refractivity contribution in [1.29, 1.82) is 0 Å². The van der Waals surface area contributed by atoms with Gasteiger partial charge in [-0.2, -0.15) is 0 Å². The van der Waals surface area contributed by atoms with Crippen molar-refractivity contribution in [3.05, 3.63) is 40.9 Å². The molecule has 2 fully saturated rings. The molecule has 2 aliphatic heterocycles. The number of nitrogens with zero attached hydrogens (tertiary/aromatic N) is 3. The molecule has 0 amide bonds. The van der Waals surface area contributed by atoms with Crippen LogP contribution >= 0.6 is 11.6 Å². The first-order chi connectivity index (χ1) is 16.3. The predicted octanol–water partition coefficient (Wildman–Crippen LogP) is 2.12. The molecule has 0 unspecified atom stereocenters. The van der Waals surface area contributed by atoms with E-state index >= 15 is 0 Å². The molecule has 4 heterocycles. The number of halogens is 1. The third-order valence-corrected chi connectivity index (χ3v) is 7.15. The predicted molar refractivity (Wildman–Crippen MR) is 124 cm³/mol. The van der Waals surface area contributed by atoms with Gasteiger partial charge < -0.3 is 30.0 Å². The van der Waals surface area contributed by atoms with Crippen LogP contribution in [0.4, 0.5) is 0 Å². The molecule has 11 heteroatoms. The topological polar surface area (TPSA) is 128 Å². The van der Waals surface area contributed by atoms with Crippen LogP contribution in [0.3, 0.4) is 0 Å². The summed E-state index contributed by atoms with van der Waals surface area (Å²) in [7, 11) is 3.17. The van der Waals surface area contributed by atoms with Gasteiger partial charge in [-0.1, -0.05) is 18.5 Å². The fraction of sp³-hybridized carbons (Fsp3) is 0.565. The molecule has 0 aliphatic carbocycles. The second kappa shape index (κ2) is 9.99. The zero-order chi connectivity index (χ0) is 24.3. The monoisotopic (exact) mass is 491 g/mol. The first-order valence-corrected chi connectivity index (χ1v) is 11.6. The lowest BCUT2D eigenvalue weighted by atomic mass is 9.77. The normalized spacial score (nSPS) is 29.1. The molecule has 2 aromatic rings. The Bertz CT molecular complexity index is 1030. The molecule has 2 saturated heterocycles. The lowest BCUT2D eigenvalue weighted by Gasteiger charge is -2.43. The Balaban J connectivity index is 1.67.